The highest BCUT2D eigenvalue weighted by Gasteiger charge is 2.43. The first kappa shape index (κ1) is 24.1. The molecule has 1 heterocycles. The number of nitrogens with zero attached hydrogens (tertiary/aromatic N) is 1. The zero-order valence-electron chi connectivity index (χ0n) is 17.9. The highest BCUT2D eigenvalue weighted by Crippen LogP contribution is 2.43. The number of hydrogen-bond acceptors (Lipinski definition) is 5. The summed E-state index contributed by atoms with van der Waals surface area (Å²) in [6, 6.07) is 17.9. The van der Waals surface area contributed by atoms with E-state index in [1.165, 1.54) is 0 Å². The van der Waals surface area contributed by atoms with Gasteiger partial charge in [-0.2, -0.15) is 0 Å². The van der Waals surface area contributed by atoms with Gasteiger partial charge in [-0.15, -0.1) is 0 Å². The molecule has 1 fully saturated rings. The summed E-state index contributed by atoms with van der Waals surface area (Å²) < 4.78 is 6.18. The minimum Gasteiger partial charge on any atom is -0.473 e. The van der Waals surface area contributed by atoms with E-state index < -0.39 is 17.4 Å². The number of likely N-dealkylation sites (tertiary alicyclic amines) is 1. The summed E-state index contributed by atoms with van der Waals surface area (Å²) in [5.74, 6) is -1.68. The monoisotopic (exact) mass is 427 g/mol. The van der Waals surface area contributed by atoms with Gasteiger partial charge in [0, 0.05) is 12.0 Å². The molecule has 3 rings (SSSR count). The van der Waals surface area contributed by atoms with E-state index in [1.54, 1.807) is 0 Å². The molecule has 0 bridgehead atoms. The SMILES string of the molecule is CCCC(=O)C1(c2ccccc2Oc2ccccc2)CCN(C)CC1.O=C(O)C(=O)O. The number of aliphatic carboxylic acids is 2. The predicted molar refractivity (Wildman–Crippen MR) is 117 cm³/mol. The predicted octanol–water partition coefficient (Wildman–Crippen LogP) is 3.97. The number of ketones is 1. The number of carboxylic acid groups (broad SMARTS) is 2. The van der Waals surface area contributed by atoms with Gasteiger partial charge in [-0.25, -0.2) is 9.59 Å². The lowest BCUT2D eigenvalue weighted by Gasteiger charge is -2.40. The Labute approximate surface area is 182 Å². The molecule has 0 unspecified atom stereocenters. The second-order valence-corrected chi connectivity index (χ2v) is 7.58. The smallest absolute Gasteiger partial charge is 0.414 e. The number of para-hydroxylation sites is 2. The molecule has 0 saturated carbocycles. The van der Waals surface area contributed by atoms with Crippen LogP contribution in [0, 0.1) is 0 Å². The third-order valence-corrected chi connectivity index (χ3v) is 5.41. The van der Waals surface area contributed by atoms with Crippen LogP contribution in [0.25, 0.3) is 0 Å². The lowest BCUT2D eigenvalue weighted by atomic mass is 9.68. The number of rotatable bonds is 6. The lowest BCUT2D eigenvalue weighted by Crippen LogP contribution is -2.46. The molecule has 0 radical (unpaired) electrons. The van der Waals surface area contributed by atoms with Crippen LogP contribution in [0.3, 0.4) is 0 Å². The Morgan fingerprint density at radius 2 is 1.48 bits per heavy atom. The number of piperidine rings is 1. The number of ether oxygens (including phenoxy) is 1. The van der Waals surface area contributed by atoms with Gasteiger partial charge in [0.1, 0.15) is 17.3 Å². The third-order valence-electron chi connectivity index (χ3n) is 5.41. The van der Waals surface area contributed by atoms with Crippen molar-refractivity contribution in [2.45, 2.75) is 38.0 Å². The van der Waals surface area contributed by atoms with Crippen LogP contribution >= 0.6 is 0 Å². The first-order chi connectivity index (χ1) is 14.8. The Kier molecular flexibility index (Phi) is 8.75. The first-order valence-electron chi connectivity index (χ1n) is 10.3. The molecule has 0 spiro atoms. The second kappa shape index (κ2) is 11.3. The van der Waals surface area contributed by atoms with Crippen LogP contribution in [-0.4, -0.2) is 53.0 Å². The molecule has 2 N–H and O–H groups in total. The summed E-state index contributed by atoms with van der Waals surface area (Å²) in [6.45, 7) is 3.96. The Balaban J connectivity index is 0.000000501. The molecule has 7 heteroatoms. The fourth-order valence-electron chi connectivity index (χ4n) is 3.73. The Morgan fingerprint density at radius 3 is 2.03 bits per heavy atom. The number of carbonyl (C=O) groups is 3. The molecule has 1 aliphatic rings. The zero-order chi connectivity index (χ0) is 22.9. The van der Waals surface area contributed by atoms with Gasteiger partial charge in [-0.1, -0.05) is 43.3 Å². The summed E-state index contributed by atoms with van der Waals surface area (Å²) in [7, 11) is 2.13. The van der Waals surface area contributed by atoms with Gasteiger partial charge < -0.3 is 19.8 Å². The van der Waals surface area contributed by atoms with Crippen LogP contribution < -0.4 is 4.74 Å². The van der Waals surface area contributed by atoms with Crippen molar-refractivity contribution in [1.82, 2.24) is 4.90 Å². The normalized spacial score (nSPS) is 15.3. The quantitative estimate of drug-likeness (QED) is 0.672. The van der Waals surface area contributed by atoms with Gasteiger partial charge in [-0.05, 0) is 57.6 Å². The van der Waals surface area contributed by atoms with Crippen molar-refractivity contribution >= 4 is 17.7 Å². The lowest BCUT2D eigenvalue weighted by molar-refractivity contribution is -0.159. The minimum absolute atomic E-state index is 0.354. The largest absolute Gasteiger partial charge is 0.473 e. The van der Waals surface area contributed by atoms with Gasteiger partial charge in [-0.3, -0.25) is 4.79 Å². The topological polar surface area (TPSA) is 104 Å². The van der Waals surface area contributed by atoms with Crippen LogP contribution in [0.2, 0.25) is 0 Å². The summed E-state index contributed by atoms with van der Waals surface area (Å²) in [4.78, 5) is 33.7. The Morgan fingerprint density at radius 1 is 0.935 bits per heavy atom. The van der Waals surface area contributed by atoms with Crippen molar-refractivity contribution in [3.05, 3.63) is 60.2 Å². The zero-order valence-corrected chi connectivity index (χ0v) is 17.9. The van der Waals surface area contributed by atoms with E-state index in [2.05, 4.69) is 24.9 Å². The number of Topliss-reactive ketones (excluding diaryl/α,β-unsaturated/α-hetero) is 1. The molecule has 0 amide bonds. The number of carbonyl (C=O) groups excluding carboxylic acids is 1. The molecule has 0 atom stereocenters. The molecule has 2 aromatic rings. The standard InChI is InChI=1S/C22H27NO2.C2H2O4/c1-3-9-21(24)22(14-16-23(2)17-15-22)19-12-7-8-13-20(19)25-18-10-5-4-6-11-18;3-1(4)2(5)6/h4-8,10-13H,3,9,14-17H2,1-2H3;(H,3,4)(H,5,6). The molecule has 1 aliphatic heterocycles. The summed E-state index contributed by atoms with van der Waals surface area (Å²) >= 11 is 0. The third kappa shape index (κ3) is 6.39. The van der Waals surface area contributed by atoms with Gasteiger partial charge in [0.2, 0.25) is 0 Å². The molecule has 0 aliphatic carbocycles. The molecule has 31 heavy (non-hydrogen) atoms. The highest BCUT2D eigenvalue weighted by molar-refractivity contribution is 6.27. The fourth-order valence-corrected chi connectivity index (χ4v) is 3.73. The molecular formula is C24H29NO6. The number of benzene rings is 2. The maximum absolute atomic E-state index is 13.2. The minimum atomic E-state index is -1.82. The van der Waals surface area contributed by atoms with Gasteiger partial charge in [0.15, 0.2) is 0 Å². The molecule has 7 nitrogen and oxygen atoms in total. The van der Waals surface area contributed by atoms with E-state index in [1.807, 2.05) is 48.5 Å². The second-order valence-electron chi connectivity index (χ2n) is 7.58. The van der Waals surface area contributed by atoms with E-state index >= 15 is 0 Å². The fraction of sp³-hybridized carbons (Fsp3) is 0.375. The Bertz CT molecular complexity index is 876. The van der Waals surface area contributed by atoms with E-state index in [0.717, 1.165) is 49.4 Å². The van der Waals surface area contributed by atoms with Crippen LogP contribution in [-0.2, 0) is 19.8 Å². The van der Waals surface area contributed by atoms with E-state index in [0.29, 0.717) is 12.2 Å². The maximum atomic E-state index is 13.2. The number of carboxylic acids is 2. The van der Waals surface area contributed by atoms with Crippen LogP contribution in [0.1, 0.15) is 38.2 Å². The van der Waals surface area contributed by atoms with Crippen molar-refractivity contribution in [2.24, 2.45) is 0 Å². The van der Waals surface area contributed by atoms with Crippen molar-refractivity contribution in [2.75, 3.05) is 20.1 Å². The first-order valence-corrected chi connectivity index (χ1v) is 10.3. The van der Waals surface area contributed by atoms with E-state index in [9.17, 15) is 4.79 Å². The summed E-state index contributed by atoms with van der Waals surface area (Å²) in [5, 5.41) is 14.8. The van der Waals surface area contributed by atoms with Gasteiger partial charge in [0.05, 0.1) is 5.41 Å². The maximum Gasteiger partial charge on any atom is 0.414 e. The van der Waals surface area contributed by atoms with Crippen molar-refractivity contribution in [1.29, 1.82) is 0 Å². The van der Waals surface area contributed by atoms with Crippen molar-refractivity contribution in [3.63, 3.8) is 0 Å². The Hall–Kier alpha value is -3.19. The van der Waals surface area contributed by atoms with Crippen LogP contribution in [0.15, 0.2) is 54.6 Å². The van der Waals surface area contributed by atoms with Gasteiger partial charge >= 0.3 is 11.9 Å². The summed E-state index contributed by atoms with van der Waals surface area (Å²) in [5.41, 5.74) is 0.624. The molecular weight excluding hydrogens is 398 g/mol. The average molecular weight is 427 g/mol. The summed E-state index contributed by atoms with van der Waals surface area (Å²) in [6.07, 6.45) is 3.23. The van der Waals surface area contributed by atoms with Gasteiger partial charge in [0.25, 0.3) is 0 Å². The average Bonchev–Trinajstić information content (AvgIpc) is 2.76. The molecule has 1 saturated heterocycles. The van der Waals surface area contributed by atoms with Crippen molar-refractivity contribution < 1.29 is 29.3 Å². The van der Waals surface area contributed by atoms with Crippen molar-refractivity contribution in [3.8, 4) is 11.5 Å². The molecule has 166 valence electrons. The van der Waals surface area contributed by atoms with E-state index in [4.69, 9.17) is 24.5 Å². The van der Waals surface area contributed by atoms with E-state index in [-0.39, 0.29) is 0 Å². The van der Waals surface area contributed by atoms with Crippen LogP contribution in [0.5, 0.6) is 11.5 Å². The highest BCUT2D eigenvalue weighted by atomic mass is 16.5. The molecule has 2 aromatic carbocycles. The number of hydrogen-bond donors (Lipinski definition) is 2. The van der Waals surface area contributed by atoms with Crippen LogP contribution in [0.4, 0.5) is 0 Å². The molecule has 0 aromatic heterocycles.